The van der Waals surface area contributed by atoms with Crippen LogP contribution in [0.2, 0.25) is 0 Å². The summed E-state index contributed by atoms with van der Waals surface area (Å²) in [4.78, 5) is 11.8. The number of pyridine rings is 1. The van der Waals surface area contributed by atoms with E-state index in [1.165, 1.54) is 19.4 Å². The highest BCUT2D eigenvalue weighted by atomic mass is 127. The fraction of sp³-hybridized carbons (Fsp3) is 0.500. The smallest absolute Gasteiger partial charge is 0.191 e. The van der Waals surface area contributed by atoms with Gasteiger partial charge in [0.2, 0.25) is 0 Å². The first-order chi connectivity index (χ1) is 12.3. The lowest BCUT2D eigenvalue weighted by atomic mass is 10.1. The van der Waals surface area contributed by atoms with E-state index in [-0.39, 0.29) is 24.0 Å². The Balaban J connectivity index is 0.00000243. The summed E-state index contributed by atoms with van der Waals surface area (Å²) in [6.07, 6.45) is 4.42. The molecule has 0 aliphatic carbocycles. The first kappa shape index (κ1) is 20.9. The average molecular weight is 467 g/mol. The maximum Gasteiger partial charge on any atom is 0.191 e. The van der Waals surface area contributed by atoms with Crippen LogP contribution >= 0.6 is 24.0 Å². The van der Waals surface area contributed by atoms with Crippen LogP contribution in [0.5, 0.6) is 0 Å². The van der Waals surface area contributed by atoms with Crippen LogP contribution in [0.3, 0.4) is 0 Å². The molecule has 142 valence electrons. The molecule has 1 atom stereocenters. The molecule has 3 rings (SSSR count). The van der Waals surface area contributed by atoms with E-state index in [2.05, 4.69) is 58.6 Å². The number of rotatable bonds is 6. The van der Waals surface area contributed by atoms with E-state index < -0.39 is 0 Å². The molecular weight excluding hydrogens is 437 g/mol. The maximum atomic E-state index is 4.78. The van der Waals surface area contributed by atoms with Crippen molar-refractivity contribution >= 4 is 40.8 Å². The van der Waals surface area contributed by atoms with E-state index in [0.29, 0.717) is 12.6 Å². The number of halogens is 1. The summed E-state index contributed by atoms with van der Waals surface area (Å²) >= 11 is 0. The van der Waals surface area contributed by atoms with Crippen LogP contribution in [-0.2, 0) is 6.54 Å². The lowest BCUT2D eigenvalue weighted by Gasteiger charge is -2.24. The van der Waals surface area contributed by atoms with Crippen LogP contribution < -0.4 is 10.6 Å². The van der Waals surface area contributed by atoms with Gasteiger partial charge in [-0.1, -0.05) is 31.2 Å². The monoisotopic (exact) mass is 467 g/mol. The van der Waals surface area contributed by atoms with Crippen molar-refractivity contribution in [2.45, 2.75) is 39.3 Å². The van der Waals surface area contributed by atoms with E-state index in [4.69, 9.17) is 4.99 Å². The standard InChI is InChI=1S/C20H29N5.HI/c1-3-21-20(24-15-18-11-7-13-25(18)4-2)23-14-17-9-5-8-16-10-6-12-22-19(16)17;/h5-6,8-10,12,18H,3-4,7,11,13-15H2,1-2H3,(H2,21,23,24);1H. The van der Waals surface area contributed by atoms with Crippen LogP contribution in [0.4, 0.5) is 0 Å². The van der Waals surface area contributed by atoms with E-state index in [9.17, 15) is 0 Å². The molecule has 1 saturated heterocycles. The molecule has 0 saturated carbocycles. The Morgan fingerprint density at radius 1 is 1.23 bits per heavy atom. The minimum atomic E-state index is 0. The molecule has 26 heavy (non-hydrogen) atoms. The Bertz CT molecular complexity index is 713. The van der Waals surface area contributed by atoms with Crippen LogP contribution in [0.1, 0.15) is 32.3 Å². The molecule has 0 amide bonds. The molecule has 5 nitrogen and oxygen atoms in total. The zero-order valence-electron chi connectivity index (χ0n) is 15.7. The number of para-hydroxylation sites is 1. The normalized spacial score (nSPS) is 17.9. The number of nitrogens with zero attached hydrogens (tertiary/aromatic N) is 3. The zero-order valence-corrected chi connectivity index (χ0v) is 18.1. The minimum Gasteiger partial charge on any atom is -0.357 e. The minimum absolute atomic E-state index is 0. The summed E-state index contributed by atoms with van der Waals surface area (Å²) in [7, 11) is 0. The highest BCUT2D eigenvalue weighted by molar-refractivity contribution is 14.0. The second kappa shape index (κ2) is 10.7. The molecule has 1 aliphatic heterocycles. The Morgan fingerprint density at radius 2 is 2.08 bits per heavy atom. The molecule has 2 heterocycles. The summed E-state index contributed by atoms with van der Waals surface area (Å²) in [6.45, 7) is 9.14. The first-order valence-corrected chi connectivity index (χ1v) is 9.40. The van der Waals surface area contributed by atoms with Crippen LogP contribution in [-0.4, -0.2) is 48.1 Å². The fourth-order valence-corrected chi connectivity index (χ4v) is 3.56. The predicted octanol–water partition coefficient (Wildman–Crippen LogP) is 3.39. The lowest BCUT2D eigenvalue weighted by molar-refractivity contribution is 0.267. The van der Waals surface area contributed by atoms with Crippen molar-refractivity contribution in [3.05, 3.63) is 42.1 Å². The summed E-state index contributed by atoms with van der Waals surface area (Å²) in [5.41, 5.74) is 2.20. The van der Waals surface area contributed by atoms with Crippen LogP contribution in [0, 0.1) is 0 Å². The van der Waals surface area contributed by atoms with Crippen molar-refractivity contribution < 1.29 is 0 Å². The number of guanidine groups is 1. The molecule has 1 aromatic carbocycles. The third-order valence-corrected chi connectivity index (χ3v) is 4.88. The maximum absolute atomic E-state index is 4.78. The summed E-state index contributed by atoms with van der Waals surface area (Å²) < 4.78 is 0. The molecule has 1 aromatic heterocycles. The van der Waals surface area contributed by atoms with Gasteiger partial charge in [-0.2, -0.15) is 0 Å². The number of aromatic nitrogens is 1. The van der Waals surface area contributed by atoms with E-state index in [0.717, 1.165) is 42.1 Å². The van der Waals surface area contributed by atoms with E-state index >= 15 is 0 Å². The Hall–Kier alpha value is -1.41. The summed E-state index contributed by atoms with van der Waals surface area (Å²) in [5.74, 6) is 0.887. The fourth-order valence-electron chi connectivity index (χ4n) is 3.56. The molecule has 1 aliphatic rings. The van der Waals surface area contributed by atoms with Gasteiger partial charge in [-0.05, 0) is 44.5 Å². The van der Waals surface area contributed by atoms with Crippen molar-refractivity contribution in [3.8, 4) is 0 Å². The third-order valence-electron chi connectivity index (χ3n) is 4.88. The Morgan fingerprint density at radius 3 is 2.88 bits per heavy atom. The lowest BCUT2D eigenvalue weighted by Crippen LogP contribution is -2.44. The number of nitrogens with one attached hydrogen (secondary N) is 2. The number of hydrogen-bond donors (Lipinski definition) is 2. The van der Waals surface area contributed by atoms with Gasteiger partial charge in [-0.3, -0.25) is 9.88 Å². The highest BCUT2D eigenvalue weighted by Gasteiger charge is 2.22. The van der Waals surface area contributed by atoms with Crippen LogP contribution in [0.25, 0.3) is 10.9 Å². The van der Waals surface area contributed by atoms with Crippen LogP contribution in [0.15, 0.2) is 41.5 Å². The van der Waals surface area contributed by atoms with Crippen molar-refractivity contribution in [2.75, 3.05) is 26.2 Å². The van der Waals surface area contributed by atoms with Crippen molar-refractivity contribution in [3.63, 3.8) is 0 Å². The van der Waals surface area contributed by atoms with Gasteiger partial charge < -0.3 is 10.6 Å². The second-order valence-corrected chi connectivity index (χ2v) is 6.49. The van der Waals surface area contributed by atoms with Gasteiger partial charge in [0.1, 0.15) is 0 Å². The van der Waals surface area contributed by atoms with Gasteiger partial charge in [0.15, 0.2) is 5.96 Å². The van der Waals surface area contributed by atoms with Gasteiger partial charge in [0, 0.05) is 30.7 Å². The topological polar surface area (TPSA) is 52.6 Å². The Labute approximate surface area is 173 Å². The molecule has 1 unspecified atom stereocenters. The highest BCUT2D eigenvalue weighted by Crippen LogP contribution is 2.17. The molecular formula is C20H30IN5. The van der Waals surface area contributed by atoms with Crippen molar-refractivity contribution in [1.29, 1.82) is 0 Å². The van der Waals surface area contributed by atoms with Gasteiger partial charge in [0.25, 0.3) is 0 Å². The number of aliphatic imine (C=N–C) groups is 1. The quantitative estimate of drug-likeness (QED) is 0.389. The van der Waals surface area contributed by atoms with Gasteiger partial charge in [0.05, 0.1) is 12.1 Å². The number of likely N-dealkylation sites (tertiary alicyclic amines) is 1. The van der Waals surface area contributed by atoms with Gasteiger partial charge in [-0.25, -0.2) is 4.99 Å². The number of benzene rings is 1. The van der Waals surface area contributed by atoms with Gasteiger partial charge >= 0.3 is 0 Å². The molecule has 2 N–H and O–H groups in total. The van der Waals surface area contributed by atoms with Crippen molar-refractivity contribution in [2.24, 2.45) is 4.99 Å². The summed E-state index contributed by atoms with van der Waals surface area (Å²) in [6, 6.07) is 11.0. The number of likely N-dealkylation sites (N-methyl/N-ethyl adjacent to an activating group) is 1. The SMILES string of the molecule is CCNC(=NCc1cccc2cccnc12)NCC1CCCN1CC.I. The largest absolute Gasteiger partial charge is 0.357 e. The van der Waals surface area contributed by atoms with E-state index in [1.54, 1.807) is 0 Å². The van der Waals surface area contributed by atoms with E-state index in [1.807, 2.05) is 12.3 Å². The van der Waals surface area contributed by atoms with Gasteiger partial charge in [-0.15, -0.1) is 24.0 Å². The molecule has 0 radical (unpaired) electrons. The number of fused-ring (bicyclic) bond motifs is 1. The first-order valence-electron chi connectivity index (χ1n) is 9.40. The molecule has 1 fully saturated rings. The molecule has 6 heteroatoms. The zero-order chi connectivity index (χ0) is 17.5. The molecule has 0 bridgehead atoms. The predicted molar refractivity (Wildman–Crippen MR) is 120 cm³/mol. The third kappa shape index (κ3) is 5.30. The summed E-state index contributed by atoms with van der Waals surface area (Å²) in [5, 5.41) is 8.04. The molecule has 0 spiro atoms. The average Bonchev–Trinajstić information content (AvgIpc) is 3.11. The second-order valence-electron chi connectivity index (χ2n) is 6.49. The number of hydrogen-bond acceptors (Lipinski definition) is 3. The molecule has 2 aromatic rings. The Kier molecular flexibility index (Phi) is 8.58. The van der Waals surface area contributed by atoms with Crippen molar-refractivity contribution in [1.82, 2.24) is 20.5 Å².